The molecule has 2 aliphatic heterocycles. The van der Waals surface area contributed by atoms with Crippen molar-refractivity contribution in [1.82, 2.24) is 0 Å². The number of anilines is 2. The van der Waals surface area contributed by atoms with E-state index in [2.05, 4.69) is 4.90 Å². The Kier molecular flexibility index (Phi) is 4.26. The van der Waals surface area contributed by atoms with Crippen LogP contribution in [0.5, 0.6) is 0 Å². The van der Waals surface area contributed by atoms with Gasteiger partial charge in [-0.25, -0.2) is 9.69 Å². The Morgan fingerprint density at radius 2 is 1.68 bits per heavy atom. The highest BCUT2D eigenvalue weighted by atomic mass is 16.5. The number of rotatable bonds is 3. The van der Waals surface area contributed by atoms with Gasteiger partial charge in [-0.15, -0.1) is 0 Å². The summed E-state index contributed by atoms with van der Waals surface area (Å²) < 4.78 is 5.46. The molecule has 0 saturated carbocycles. The van der Waals surface area contributed by atoms with Crippen molar-refractivity contribution in [2.75, 3.05) is 22.9 Å². The van der Waals surface area contributed by atoms with E-state index in [0.29, 0.717) is 22.4 Å². The number of nitrogens with zero attached hydrogens (tertiary/aromatic N) is 2. The van der Waals surface area contributed by atoms with E-state index in [1.807, 2.05) is 32.0 Å². The van der Waals surface area contributed by atoms with Gasteiger partial charge in [0, 0.05) is 36.8 Å². The van der Waals surface area contributed by atoms with Gasteiger partial charge in [0.25, 0.3) is 5.91 Å². The first-order chi connectivity index (χ1) is 13.5. The number of hydrogen-bond donors (Lipinski definition) is 0. The lowest BCUT2D eigenvalue weighted by Gasteiger charge is -2.22. The van der Waals surface area contributed by atoms with Crippen LogP contribution >= 0.6 is 0 Å². The molecule has 2 aromatic carbocycles. The first-order valence-electron chi connectivity index (χ1n) is 9.28. The normalized spacial score (nSPS) is 17.5. The van der Waals surface area contributed by atoms with Crippen LogP contribution < -0.4 is 9.80 Å². The van der Waals surface area contributed by atoms with Gasteiger partial charge in [0.05, 0.1) is 16.8 Å². The van der Waals surface area contributed by atoms with Gasteiger partial charge in [-0.1, -0.05) is 18.2 Å². The smallest absolute Gasteiger partial charge is 0.344 e. The molecule has 0 saturated heterocycles. The second-order valence-electron chi connectivity index (χ2n) is 6.67. The van der Waals surface area contributed by atoms with E-state index < -0.39 is 11.9 Å². The predicted octanol–water partition coefficient (Wildman–Crippen LogP) is 3.46. The molecule has 0 fully saturated rings. The standard InChI is InChI=1S/C22H20N2O4/c1-4-23(5-2)14-10-11-17-18(12-14)24(13(3)25)21(26)19(17)20-15-8-6-7-9-16(15)22(27)28-20/h6-12H,4-5H2,1-3H3/b20-19+. The third kappa shape index (κ3) is 2.52. The Balaban J connectivity index is 1.95. The van der Waals surface area contributed by atoms with Gasteiger partial charge in [0.1, 0.15) is 0 Å². The average molecular weight is 376 g/mol. The van der Waals surface area contributed by atoms with Crippen molar-refractivity contribution in [2.45, 2.75) is 20.8 Å². The first kappa shape index (κ1) is 18.0. The monoisotopic (exact) mass is 376 g/mol. The summed E-state index contributed by atoms with van der Waals surface area (Å²) >= 11 is 0. The van der Waals surface area contributed by atoms with Crippen LogP contribution in [-0.4, -0.2) is 30.9 Å². The molecule has 0 N–H and O–H groups in total. The van der Waals surface area contributed by atoms with Crippen LogP contribution in [0.25, 0.3) is 11.3 Å². The molecule has 6 heteroatoms. The molecular weight excluding hydrogens is 356 g/mol. The largest absolute Gasteiger partial charge is 0.421 e. The molecule has 0 spiro atoms. The van der Waals surface area contributed by atoms with E-state index in [1.54, 1.807) is 24.3 Å². The van der Waals surface area contributed by atoms with Crippen LogP contribution in [0.2, 0.25) is 0 Å². The molecule has 142 valence electrons. The van der Waals surface area contributed by atoms with Crippen molar-refractivity contribution in [1.29, 1.82) is 0 Å². The van der Waals surface area contributed by atoms with Crippen LogP contribution in [0, 0.1) is 0 Å². The summed E-state index contributed by atoms with van der Waals surface area (Å²) in [6.07, 6.45) is 0. The minimum atomic E-state index is -0.492. The van der Waals surface area contributed by atoms with Crippen LogP contribution in [0.15, 0.2) is 42.5 Å². The maximum atomic E-state index is 13.2. The van der Waals surface area contributed by atoms with Gasteiger partial charge in [-0.2, -0.15) is 0 Å². The summed E-state index contributed by atoms with van der Waals surface area (Å²) in [7, 11) is 0. The molecule has 2 aromatic rings. The van der Waals surface area contributed by atoms with Crippen LogP contribution in [-0.2, 0) is 14.3 Å². The molecule has 0 atom stereocenters. The third-order valence-electron chi connectivity index (χ3n) is 5.17. The fourth-order valence-electron chi connectivity index (χ4n) is 3.82. The second-order valence-corrected chi connectivity index (χ2v) is 6.67. The minimum absolute atomic E-state index is 0.214. The van der Waals surface area contributed by atoms with Crippen molar-refractivity contribution < 1.29 is 19.1 Å². The Hall–Kier alpha value is -3.41. The molecule has 4 rings (SSSR count). The number of ether oxygens (including phenoxy) is 1. The summed E-state index contributed by atoms with van der Waals surface area (Å²) in [6, 6.07) is 12.5. The lowest BCUT2D eigenvalue weighted by molar-refractivity contribution is -0.122. The van der Waals surface area contributed by atoms with Crippen molar-refractivity contribution in [3.8, 4) is 0 Å². The molecule has 0 radical (unpaired) electrons. The van der Waals surface area contributed by atoms with Crippen molar-refractivity contribution in [2.24, 2.45) is 0 Å². The summed E-state index contributed by atoms with van der Waals surface area (Å²) in [5.74, 6) is -1.13. The van der Waals surface area contributed by atoms with Gasteiger partial charge >= 0.3 is 5.97 Å². The Labute approximate surface area is 163 Å². The third-order valence-corrected chi connectivity index (χ3v) is 5.17. The van der Waals surface area contributed by atoms with Gasteiger partial charge < -0.3 is 9.64 Å². The van der Waals surface area contributed by atoms with Crippen molar-refractivity contribution in [3.63, 3.8) is 0 Å². The minimum Gasteiger partial charge on any atom is -0.421 e. The van der Waals surface area contributed by atoms with Crippen LogP contribution in [0.4, 0.5) is 11.4 Å². The number of benzene rings is 2. The zero-order valence-electron chi connectivity index (χ0n) is 16.0. The maximum Gasteiger partial charge on any atom is 0.344 e. The number of fused-ring (bicyclic) bond motifs is 2. The Morgan fingerprint density at radius 3 is 2.32 bits per heavy atom. The number of carbonyl (C=O) groups is 3. The molecule has 0 aromatic heterocycles. The lowest BCUT2D eigenvalue weighted by atomic mass is 10.00. The molecule has 2 amide bonds. The highest BCUT2D eigenvalue weighted by molar-refractivity contribution is 6.43. The fourth-order valence-corrected chi connectivity index (χ4v) is 3.82. The van der Waals surface area contributed by atoms with Crippen LogP contribution in [0.3, 0.4) is 0 Å². The summed E-state index contributed by atoms with van der Waals surface area (Å²) in [5, 5.41) is 0. The topological polar surface area (TPSA) is 66.9 Å². The summed E-state index contributed by atoms with van der Waals surface area (Å²) in [6.45, 7) is 7.07. The fraction of sp³-hybridized carbons (Fsp3) is 0.227. The van der Waals surface area contributed by atoms with E-state index in [-0.39, 0.29) is 17.2 Å². The van der Waals surface area contributed by atoms with Gasteiger partial charge in [0.2, 0.25) is 5.91 Å². The van der Waals surface area contributed by atoms with E-state index >= 15 is 0 Å². The van der Waals surface area contributed by atoms with E-state index in [9.17, 15) is 14.4 Å². The molecule has 6 nitrogen and oxygen atoms in total. The predicted molar refractivity (Wildman–Crippen MR) is 107 cm³/mol. The maximum absolute atomic E-state index is 13.2. The summed E-state index contributed by atoms with van der Waals surface area (Å²) in [4.78, 5) is 41.0. The van der Waals surface area contributed by atoms with Crippen molar-refractivity contribution in [3.05, 3.63) is 59.2 Å². The Bertz CT molecular complexity index is 1050. The highest BCUT2D eigenvalue weighted by Gasteiger charge is 2.41. The molecule has 28 heavy (non-hydrogen) atoms. The zero-order valence-corrected chi connectivity index (χ0v) is 16.0. The van der Waals surface area contributed by atoms with Gasteiger partial charge in [-0.05, 0) is 38.1 Å². The SMILES string of the molecule is CCN(CC)c1ccc2c(c1)N(C(C)=O)C(=O)/C2=C1/OC(=O)c2ccccc21. The zero-order chi connectivity index (χ0) is 20.0. The number of esters is 1. The molecule has 0 unspecified atom stereocenters. The van der Waals surface area contributed by atoms with E-state index in [1.165, 1.54) is 6.92 Å². The number of hydrogen-bond acceptors (Lipinski definition) is 5. The van der Waals surface area contributed by atoms with E-state index in [0.717, 1.165) is 23.7 Å². The average Bonchev–Trinajstić information content (AvgIpc) is 3.16. The first-order valence-corrected chi connectivity index (χ1v) is 9.28. The number of carbonyl (C=O) groups excluding carboxylic acids is 3. The number of cyclic esters (lactones) is 1. The molecular formula is C22H20N2O4. The van der Waals surface area contributed by atoms with Crippen molar-refractivity contribution >= 4 is 40.5 Å². The second kappa shape index (κ2) is 6.64. The molecule has 0 bridgehead atoms. The quantitative estimate of drug-likeness (QED) is 0.606. The number of imide groups is 1. The van der Waals surface area contributed by atoms with Gasteiger partial charge in [-0.3, -0.25) is 9.59 Å². The number of amides is 2. The molecule has 0 aliphatic carbocycles. The van der Waals surface area contributed by atoms with Crippen LogP contribution in [0.1, 0.15) is 42.3 Å². The van der Waals surface area contributed by atoms with Gasteiger partial charge in [0.15, 0.2) is 5.76 Å². The highest BCUT2D eigenvalue weighted by Crippen LogP contribution is 2.45. The molecule has 2 aliphatic rings. The molecule has 2 heterocycles. The lowest BCUT2D eigenvalue weighted by Crippen LogP contribution is -2.31. The Morgan fingerprint density at radius 1 is 1.00 bits per heavy atom. The summed E-state index contributed by atoms with van der Waals surface area (Å²) in [5.41, 5.74) is 3.27. The van der Waals surface area contributed by atoms with E-state index in [4.69, 9.17) is 4.74 Å².